The molecule has 0 saturated carbocycles. The Hall–Kier alpha value is -7.22. The molecule has 0 fully saturated rings. The molecule has 11 rings (SSSR count). The van der Waals surface area contributed by atoms with Crippen molar-refractivity contribution in [1.82, 2.24) is 0 Å². The number of para-hydroxylation sites is 1. The van der Waals surface area contributed by atoms with Gasteiger partial charge in [-0.15, -0.1) is 0 Å². The SMILES string of the molecule is c1ccc(-c2ccccc2-c2c(-c3ccccc3)cccc2N(c2ccccc2)c2cccc3c2-c2ccccc2C32c3ccccc3-c3ccccc32)cc1. The average molecular weight is 712 g/mol. The maximum atomic E-state index is 2.52. The van der Waals surface area contributed by atoms with Crippen LogP contribution in [0.25, 0.3) is 55.6 Å². The second kappa shape index (κ2) is 13.0. The predicted molar refractivity (Wildman–Crippen MR) is 234 cm³/mol. The van der Waals surface area contributed by atoms with Gasteiger partial charge >= 0.3 is 0 Å². The summed E-state index contributed by atoms with van der Waals surface area (Å²) < 4.78 is 0. The van der Waals surface area contributed by atoms with Crippen molar-refractivity contribution < 1.29 is 0 Å². The molecule has 0 saturated heterocycles. The van der Waals surface area contributed by atoms with Gasteiger partial charge in [-0.2, -0.15) is 0 Å². The van der Waals surface area contributed by atoms with E-state index in [-0.39, 0.29) is 0 Å². The lowest BCUT2D eigenvalue weighted by Gasteiger charge is -2.33. The van der Waals surface area contributed by atoms with Crippen molar-refractivity contribution in [2.45, 2.75) is 5.41 Å². The minimum Gasteiger partial charge on any atom is -0.309 e. The first-order valence-electron chi connectivity index (χ1n) is 19.5. The summed E-state index contributed by atoms with van der Waals surface area (Å²) in [5.41, 5.74) is 20.6. The number of rotatable bonds is 6. The second-order valence-corrected chi connectivity index (χ2v) is 14.7. The Labute approximate surface area is 328 Å². The number of anilines is 3. The van der Waals surface area contributed by atoms with Crippen LogP contribution in [0.5, 0.6) is 0 Å². The van der Waals surface area contributed by atoms with E-state index < -0.39 is 5.41 Å². The van der Waals surface area contributed by atoms with E-state index in [2.05, 4.69) is 229 Å². The third-order valence-electron chi connectivity index (χ3n) is 11.9. The van der Waals surface area contributed by atoms with Crippen LogP contribution in [0.4, 0.5) is 17.1 Å². The van der Waals surface area contributed by atoms with Gasteiger partial charge in [0.1, 0.15) is 0 Å². The fraction of sp³-hybridized carbons (Fsp3) is 0.0182. The number of nitrogens with zero attached hydrogens (tertiary/aromatic N) is 1. The largest absolute Gasteiger partial charge is 0.309 e. The summed E-state index contributed by atoms with van der Waals surface area (Å²) in [4.78, 5) is 2.52. The van der Waals surface area contributed by atoms with Crippen LogP contribution in [-0.2, 0) is 5.41 Å². The summed E-state index contributed by atoms with van der Waals surface area (Å²) in [5.74, 6) is 0. The van der Waals surface area contributed by atoms with E-state index in [1.54, 1.807) is 0 Å². The molecule has 2 aliphatic carbocycles. The molecule has 0 bridgehead atoms. The zero-order valence-electron chi connectivity index (χ0n) is 30.8. The van der Waals surface area contributed by atoms with Crippen LogP contribution in [0.3, 0.4) is 0 Å². The Kier molecular flexibility index (Phi) is 7.47. The minimum atomic E-state index is -0.438. The fourth-order valence-electron chi connectivity index (χ4n) is 9.73. The Morgan fingerprint density at radius 3 is 1.25 bits per heavy atom. The van der Waals surface area contributed by atoms with E-state index in [1.165, 1.54) is 77.9 Å². The molecule has 9 aromatic rings. The standard InChI is InChI=1S/C55H37N/c1-4-20-38(21-5-1)41-26-10-11-29-45(41)53-42(39-22-6-2-7-23-39)31-18-36-51(53)56(40-24-8-3-9-25-40)52-37-19-35-50-54(52)46-30-14-17-34-49(46)55(50)47-32-15-12-27-43(47)44-28-13-16-33-48(44)55/h1-37H. The van der Waals surface area contributed by atoms with Crippen LogP contribution in [0, 0.1) is 0 Å². The van der Waals surface area contributed by atoms with Crippen molar-refractivity contribution in [2.24, 2.45) is 0 Å². The lowest BCUT2D eigenvalue weighted by molar-refractivity contribution is 0.794. The molecule has 262 valence electrons. The first kappa shape index (κ1) is 32.2. The molecule has 0 radical (unpaired) electrons. The predicted octanol–water partition coefficient (Wildman–Crippen LogP) is 14.5. The summed E-state index contributed by atoms with van der Waals surface area (Å²) in [6.45, 7) is 0. The molecule has 2 aliphatic rings. The zero-order valence-corrected chi connectivity index (χ0v) is 30.8. The molecular formula is C55H37N. The van der Waals surface area contributed by atoms with Crippen molar-refractivity contribution in [3.05, 3.63) is 247 Å². The Morgan fingerprint density at radius 1 is 0.250 bits per heavy atom. The fourth-order valence-corrected chi connectivity index (χ4v) is 9.73. The van der Waals surface area contributed by atoms with Crippen LogP contribution in [0.2, 0.25) is 0 Å². The van der Waals surface area contributed by atoms with Crippen molar-refractivity contribution in [1.29, 1.82) is 0 Å². The molecule has 0 unspecified atom stereocenters. The average Bonchev–Trinajstić information content (AvgIpc) is 3.75. The van der Waals surface area contributed by atoms with Crippen molar-refractivity contribution in [2.75, 3.05) is 4.90 Å². The molecule has 56 heavy (non-hydrogen) atoms. The number of benzene rings is 9. The molecule has 9 aromatic carbocycles. The summed E-state index contributed by atoms with van der Waals surface area (Å²) >= 11 is 0. The van der Waals surface area contributed by atoms with Gasteiger partial charge < -0.3 is 4.90 Å². The third kappa shape index (κ3) is 4.68. The van der Waals surface area contributed by atoms with E-state index in [4.69, 9.17) is 0 Å². The molecule has 1 heteroatoms. The van der Waals surface area contributed by atoms with Crippen molar-refractivity contribution in [3.63, 3.8) is 0 Å². The van der Waals surface area contributed by atoms with Crippen LogP contribution in [-0.4, -0.2) is 0 Å². The van der Waals surface area contributed by atoms with Crippen molar-refractivity contribution >= 4 is 17.1 Å². The van der Waals surface area contributed by atoms with Crippen LogP contribution in [0.1, 0.15) is 22.3 Å². The van der Waals surface area contributed by atoms with E-state index in [1.807, 2.05) is 0 Å². The van der Waals surface area contributed by atoms with Gasteiger partial charge in [0.25, 0.3) is 0 Å². The Balaban J connectivity index is 1.25. The van der Waals surface area contributed by atoms with Gasteiger partial charge in [0, 0.05) is 16.8 Å². The molecule has 0 aromatic heterocycles. The highest BCUT2D eigenvalue weighted by Gasteiger charge is 2.52. The monoisotopic (exact) mass is 711 g/mol. The van der Waals surface area contributed by atoms with E-state index in [0.29, 0.717) is 0 Å². The van der Waals surface area contributed by atoms with Gasteiger partial charge in [-0.1, -0.05) is 200 Å². The number of hydrogen-bond acceptors (Lipinski definition) is 1. The summed E-state index contributed by atoms with van der Waals surface area (Å²) in [6, 6.07) is 82.5. The molecular weight excluding hydrogens is 675 g/mol. The van der Waals surface area contributed by atoms with Gasteiger partial charge in [0.15, 0.2) is 0 Å². The minimum absolute atomic E-state index is 0.438. The molecule has 0 aliphatic heterocycles. The van der Waals surface area contributed by atoms with Gasteiger partial charge in [-0.05, 0) is 91.0 Å². The van der Waals surface area contributed by atoms with E-state index >= 15 is 0 Å². The molecule has 0 amide bonds. The smallest absolute Gasteiger partial charge is 0.0726 e. The summed E-state index contributed by atoms with van der Waals surface area (Å²) in [6.07, 6.45) is 0. The normalized spacial score (nSPS) is 12.8. The summed E-state index contributed by atoms with van der Waals surface area (Å²) in [5, 5.41) is 0. The van der Waals surface area contributed by atoms with Crippen LogP contribution in [0.15, 0.2) is 224 Å². The van der Waals surface area contributed by atoms with Crippen LogP contribution >= 0.6 is 0 Å². The number of hydrogen-bond donors (Lipinski definition) is 0. The molecule has 0 N–H and O–H groups in total. The summed E-state index contributed by atoms with van der Waals surface area (Å²) in [7, 11) is 0. The molecule has 0 atom stereocenters. The highest BCUT2D eigenvalue weighted by Crippen LogP contribution is 2.65. The number of fused-ring (bicyclic) bond motifs is 10. The first-order valence-corrected chi connectivity index (χ1v) is 19.5. The topological polar surface area (TPSA) is 3.24 Å². The van der Waals surface area contributed by atoms with Crippen LogP contribution < -0.4 is 4.90 Å². The van der Waals surface area contributed by atoms with Gasteiger partial charge in [0.2, 0.25) is 0 Å². The molecule has 1 nitrogen and oxygen atoms in total. The maximum absolute atomic E-state index is 2.52. The van der Waals surface area contributed by atoms with Gasteiger partial charge in [-0.3, -0.25) is 0 Å². The quantitative estimate of drug-likeness (QED) is 0.166. The van der Waals surface area contributed by atoms with E-state index in [9.17, 15) is 0 Å². The molecule has 0 heterocycles. The molecule has 1 spiro atoms. The zero-order chi connectivity index (χ0) is 37.1. The Morgan fingerprint density at radius 2 is 0.643 bits per heavy atom. The van der Waals surface area contributed by atoms with Gasteiger partial charge in [-0.25, -0.2) is 0 Å². The highest BCUT2D eigenvalue weighted by atomic mass is 15.1. The maximum Gasteiger partial charge on any atom is 0.0726 e. The first-order chi connectivity index (χ1) is 27.8. The second-order valence-electron chi connectivity index (χ2n) is 14.7. The lowest BCUT2D eigenvalue weighted by atomic mass is 9.70. The van der Waals surface area contributed by atoms with Crippen molar-refractivity contribution in [3.8, 4) is 55.6 Å². The highest BCUT2D eigenvalue weighted by molar-refractivity contribution is 6.05. The lowest BCUT2D eigenvalue weighted by Crippen LogP contribution is -2.26. The van der Waals surface area contributed by atoms with Gasteiger partial charge in [0.05, 0.1) is 16.8 Å². The van der Waals surface area contributed by atoms with E-state index in [0.717, 1.165) is 17.1 Å². The third-order valence-corrected chi connectivity index (χ3v) is 11.9. The Bertz CT molecular complexity index is 2860.